The Morgan fingerprint density at radius 2 is 1.57 bits per heavy atom. The second-order valence-corrected chi connectivity index (χ2v) is 14.6. The number of piperazine rings is 1. The molecule has 3 fully saturated rings. The first-order chi connectivity index (χ1) is 22.3. The molecule has 1 heterocycles. The van der Waals surface area contributed by atoms with Crippen LogP contribution in [-0.2, 0) is 30.5 Å². The van der Waals surface area contributed by atoms with E-state index >= 15 is 0 Å². The molecule has 0 bridgehead atoms. The maximum absolute atomic E-state index is 14.2. The monoisotopic (exact) mass is 674 g/mol. The van der Waals surface area contributed by atoms with Gasteiger partial charge in [-0.15, -0.1) is 0 Å². The molecule has 47 heavy (non-hydrogen) atoms. The standard InChI is InChI=1S/C34H51ClN6O6/c1-34(2,33(37)47)29(39-27(42)18-22-7-4-3-5-8-22)32(46)41-16-15-40(19-23-11-13-24(35)14-12-23)26(20-41)31(45)38-25(28(43)30(36)44)17-21-9-6-10-21/h11-14,21-22,25-26,28-29,43H,3-10,15-20H2,1-2H3,(H2,36,44)(H2,37,47)(H,38,45)(H,39,42)/t25?,26-,28+,29+/m0/s1. The molecule has 3 aliphatic rings. The fraction of sp³-hybridized carbons (Fsp3) is 0.676. The highest BCUT2D eigenvalue weighted by molar-refractivity contribution is 6.30. The highest BCUT2D eigenvalue weighted by Gasteiger charge is 2.46. The summed E-state index contributed by atoms with van der Waals surface area (Å²) in [7, 11) is 0. The molecule has 12 nitrogen and oxygen atoms in total. The third kappa shape index (κ3) is 9.67. The van der Waals surface area contributed by atoms with E-state index in [0.29, 0.717) is 24.5 Å². The molecule has 0 aromatic heterocycles. The van der Waals surface area contributed by atoms with Crippen molar-refractivity contribution in [1.29, 1.82) is 0 Å². The molecule has 0 radical (unpaired) electrons. The van der Waals surface area contributed by atoms with Crippen LogP contribution < -0.4 is 22.1 Å². The van der Waals surface area contributed by atoms with Crippen LogP contribution in [0.1, 0.15) is 83.6 Å². The van der Waals surface area contributed by atoms with Gasteiger partial charge in [0.2, 0.25) is 29.5 Å². The van der Waals surface area contributed by atoms with Gasteiger partial charge in [-0.1, -0.05) is 62.3 Å². The van der Waals surface area contributed by atoms with Crippen molar-refractivity contribution in [2.75, 3.05) is 19.6 Å². The molecule has 1 saturated heterocycles. The quantitative estimate of drug-likeness (QED) is 0.199. The minimum Gasteiger partial charge on any atom is -0.381 e. The number of nitrogens with zero attached hydrogens (tertiary/aromatic N) is 2. The minimum atomic E-state index is -1.56. The number of benzene rings is 1. The summed E-state index contributed by atoms with van der Waals surface area (Å²) in [4.78, 5) is 69.4. The van der Waals surface area contributed by atoms with Crippen molar-refractivity contribution in [3.8, 4) is 0 Å². The lowest BCUT2D eigenvalue weighted by Gasteiger charge is -2.44. The van der Waals surface area contributed by atoms with Crippen LogP contribution in [0, 0.1) is 17.3 Å². The maximum atomic E-state index is 14.2. The second-order valence-electron chi connectivity index (χ2n) is 14.2. The first kappa shape index (κ1) is 36.6. The number of nitrogens with one attached hydrogen (secondary N) is 2. The molecule has 1 aliphatic heterocycles. The molecule has 0 spiro atoms. The van der Waals surface area contributed by atoms with E-state index in [1.54, 1.807) is 12.1 Å². The van der Waals surface area contributed by atoms with Crippen molar-refractivity contribution < 1.29 is 29.1 Å². The average molecular weight is 675 g/mol. The number of carbonyl (C=O) groups is 5. The van der Waals surface area contributed by atoms with Crippen LogP contribution in [0.2, 0.25) is 5.02 Å². The average Bonchev–Trinajstić information content (AvgIpc) is 3.01. The Labute approximate surface area is 282 Å². The third-order valence-electron chi connectivity index (χ3n) is 10.3. The molecule has 1 unspecified atom stereocenters. The molecule has 4 rings (SSSR count). The van der Waals surface area contributed by atoms with E-state index in [9.17, 15) is 29.1 Å². The molecular formula is C34H51ClN6O6. The lowest BCUT2D eigenvalue weighted by molar-refractivity contribution is -0.148. The summed E-state index contributed by atoms with van der Waals surface area (Å²) < 4.78 is 0. The van der Waals surface area contributed by atoms with Gasteiger partial charge in [0.15, 0.2) is 6.10 Å². The lowest BCUT2D eigenvalue weighted by Crippen LogP contribution is -2.66. The number of aliphatic hydroxyl groups is 1. The van der Waals surface area contributed by atoms with E-state index in [4.69, 9.17) is 23.1 Å². The summed E-state index contributed by atoms with van der Waals surface area (Å²) in [5.41, 5.74) is 10.7. The van der Waals surface area contributed by atoms with E-state index < -0.39 is 53.3 Å². The Kier molecular flexibility index (Phi) is 12.7. The Morgan fingerprint density at radius 3 is 2.15 bits per heavy atom. The molecule has 1 aromatic rings. The third-order valence-corrected chi connectivity index (χ3v) is 10.6. The van der Waals surface area contributed by atoms with E-state index in [-0.39, 0.29) is 37.3 Å². The number of amides is 5. The fourth-order valence-corrected chi connectivity index (χ4v) is 6.99. The topological polar surface area (TPSA) is 188 Å². The smallest absolute Gasteiger partial charge is 0.248 e. The van der Waals surface area contributed by atoms with Crippen LogP contribution in [-0.4, -0.2) is 88.3 Å². The van der Waals surface area contributed by atoms with Gasteiger partial charge in [-0.2, -0.15) is 0 Å². The summed E-state index contributed by atoms with van der Waals surface area (Å²) >= 11 is 6.09. The van der Waals surface area contributed by atoms with E-state index in [1.165, 1.54) is 18.7 Å². The first-order valence-corrected chi connectivity index (χ1v) is 17.3. The van der Waals surface area contributed by atoms with Gasteiger partial charge in [-0.05, 0) is 62.6 Å². The van der Waals surface area contributed by atoms with Crippen molar-refractivity contribution in [2.24, 2.45) is 28.7 Å². The molecule has 2 aliphatic carbocycles. The van der Waals surface area contributed by atoms with Gasteiger partial charge in [0.05, 0.1) is 11.5 Å². The summed E-state index contributed by atoms with van der Waals surface area (Å²) in [5, 5.41) is 16.9. The van der Waals surface area contributed by atoms with Crippen LogP contribution in [0.4, 0.5) is 0 Å². The zero-order valence-corrected chi connectivity index (χ0v) is 28.3. The molecule has 1 aromatic carbocycles. The van der Waals surface area contributed by atoms with Crippen LogP contribution in [0.3, 0.4) is 0 Å². The van der Waals surface area contributed by atoms with Gasteiger partial charge in [0.25, 0.3) is 0 Å². The zero-order chi connectivity index (χ0) is 34.3. The molecule has 5 amide bonds. The zero-order valence-electron chi connectivity index (χ0n) is 27.6. The van der Waals surface area contributed by atoms with Crippen molar-refractivity contribution in [1.82, 2.24) is 20.4 Å². The number of halogens is 1. The van der Waals surface area contributed by atoms with Crippen molar-refractivity contribution >= 4 is 41.1 Å². The number of aliphatic hydroxyl groups excluding tert-OH is 1. The Balaban J connectivity index is 1.56. The molecular weight excluding hydrogens is 624 g/mol. The maximum Gasteiger partial charge on any atom is 0.248 e. The predicted molar refractivity (Wildman–Crippen MR) is 177 cm³/mol. The van der Waals surface area contributed by atoms with Gasteiger partial charge < -0.3 is 32.1 Å². The molecule has 4 atom stereocenters. The number of hydrogen-bond donors (Lipinski definition) is 5. The summed E-state index contributed by atoms with van der Waals surface area (Å²) in [6.07, 6.45) is 7.21. The van der Waals surface area contributed by atoms with Crippen LogP contribution in [0.25, 0.3) is 0 Å². The van der Waals surface area contributed by atoms with Gasteiger partial charge in [-0.25, -0.2) is 0 Å². The Bertz CT molecular complexity index is 1280. The van der Waals surface area contributed by atoms with E-state index in [2.05, 4.69) is 10.6 Å². The van der Waals surface area contributed by atoms with Crippen LogP contribution in [0.5, 0.6) is 0 Å². The van der Waals surface area contributed by atoms with Gasteiger partial charge >= 0.3 is 0 Å². The van der Waals surface area contributed by atoms with Gasteiger partial charge in [0, 0.05) is 37.6 Å². The van der Waals surface area contributed by atoms with E-state index in [1.807, 2.05) is 17.0 Å². The number of nitrogens with two attached hydrogens (primary N) is 2. The van der Waals surface area contributed by atoms with Crippen molar-refractivity contribution in [2.45, 2.75) is 109 Å². The molecule has 7 N–H and O–H groups in total. The van der Waals surface area contributed by atoms with Gasteiger partial charge in [-0.3, -0.25) is 28.9 Å². The minimum absolute atomic E-state index is 0.0507. The first-order valence-electron chi connectivity index (χ1n) is 16.9. The summed E-state index contributed by atoms with van der Waals surface area (Å²) in [5.74, 6) is -2.44. The SMILES string of the molecule is CC(C)(C(N)=O)[C@H](NC(=O)CC1CCCCC1)C(=O)N1CCN(Cc2ccc(Cl)cc2)[C@H](C(=O)NC(CC2CCC2)[C@@H](O)C(N)=O)C1. The number of primary amides is 2. The highest BCUT2D eigenvalue weighted by Crippen LogP contribution is 2.32. The largest absolute Gasteiger partial charge is 0.381 e. The second kappa shape index (κ2) is 16.3. The Morgan fingerprint density at radius 1 is 0.936 bits per heavy atom. The molecule has 2 saturated carbocycles. The van der Waals surface area contributed by atoms with Gasteiger partial charge in [0.1, 0.15) is 12.1 Å². The highest BCUT2D eigenvalue weighted by atomic mass is 35.5. The Hall–Kier alpha value is -3.22. The van der Waals surface area contributed by atoms with Crippen LogP contribution >= 0.6 is 11.6 Å². The van der Waals surface area contributed by atoms with Crippen LogP contribution in [0.15, 0.2) is 24.3 Å². The lowest BCUT2D eigenvalue weighted by atomic mass is 9.79. The van der Waals surface area contributed by atoms with Crippen molar-refractivity contribution in [3.05, 3.63) is 34.9 Å². The van der Waals surface area contributed by atoms with E-state index in [0.717, 1.165) is 56.9 Å². The number of carbonyl (C=O) groups excluding carboxylic acids is 5. The number of hydrogen-bond acceptors (Lipinski definition) is 7. The summed E-state index contributed by atoms with van der Waals surface area (Å²) in [6, 6.07) is 4.26. The predicted octanol–water partition coefficient (Wildman–Crippen LogP) is 1.84. The normalized spacial score (nSPS) is 21.6. The number of rotatable bonds is 14. The fourth-order valence-electron chi connectivity index (χ4n) is 6.86. The molecule has 260 valence electrons. The summed E-state index contributed by atoms with van der Waals surface area (Å²) in [6.45, 7) is 3.93. The molecule has 13 heteroatoms. The van der Waals surface area contributed by atoms with Crippen molar-refractivity contribution in [3.63, 3.8) is 0 Å².